The van der Waals surface area contributed by atoms with Crippen LogP contribution < -0.4 is 0 Å². The van der Waals surface area contributed by atoms with Gasteiger partial charge in [-0.15, -0.1) is 0 Å². The van der Waals surface area contributed by atoms with Crippen molar-refractivity contribution < 1.29 is 10.2 Å². The number of aliphatic hydroxyl groups is 2. The van der Waals surface area contributed by atoms with Crippen molar-refractivity contribution in [1.82, 2.24) is 0 Å². The molecule has 0 fully saturated rings. The maximum Gasteiger partial charge on any atom is 0.0877 e. The molecule has 2 heteroatoms. The van der Waals surface area contributed by atoms with Crippen LogP contribution in [0, 0.1) is 0 Å². The van der Waals surface area contributed by atoms with E-state index in [1.165, 1.54) is 6.08 Å². The number of rotatable bonds is 2. The smallest absolute Gasteiger partial charge is 0.0877 e. The van der Waals surface area contributed by atoms with Gasteiger partial charge in [0.15, 0.2) is 0 Å². The minimum Gasteiger partial charge on any atom is -0.513 e. The van der Waals surface area contributed by atoms with Crippen molar-refractivity contribution in [2.75, 3.05) is 0 Å². The van der Waals surface area contributed by atoms with Gasteiger partial charge < -0.3 is 10.2 Å². The molecule has 8 heavy (non-hydrogen) atoms. The highest BCUT2D eigenvalue weighted by Gasteiger charge is 1.93. The molecule has 0 rings (SSSR count). The molecule has 0 spiro atoms. The third kappa shape index (κ3) is 3.68. The fourth-order valence-corrected chi connectivity index (χ4v) is 0.396. The first-order chi connectivity index (χ1) is 3.66. The van der Waals surface area contributed by atoms with E-state index in [4.69, 9.17) is 10.2 Å². The van der Waals surface area contributed by atoms with Gasteiger partial charge in [0.1, 0.15) is 0 Å². The van der Waals surface area contributed by atoms with Crippen LogP contribution in [0.3, 0.4) is 0 Å². The molecule has 0 amide bonds. The Morgan fingerprint density at radius 2 is 2.25 bits per heavy atom. The van der Waals surface area contributed by atoms with E-state index in [2.05, 4.69) is 0 Å². The molecule has 0 aromatic carbocycles. The second-order valence-electron chi connectivity index (χ2n) is 1.78. The lowest BCUT2D eigenvalue weighted by atomic mass is 10.2. The zero-order valence-electron chi connectivity index (χ0n) is 5.26. The molecule has 0 heterocycles. The summed E-state index contributed by atoms with van der Waals surface area (Å²) in [5.74, 6) is 0.180. The van der Waals surface area contributed by atoms with Crippen LogP contribution in [0.2, 0.25) is 0 Å². The molecule has 0 bridgehead atoms. The molecular weight excluding hydrogens is 104 g/mol. The highest BCUT2D eigenvalue weighted by molar-refractivity contribution is 4.91. The Labute approximate surface area is 49.5 Å². The average Bonchev–Trinajstić information content (AvgIpc) is 1.65. The Morgan fingerprint density at radius 3 is 2.38 bits per heavy atom. The minimum atomic E-state index is -0.486. The predicted molar refractivity (Wildman–Crippen MR) is 32.7 cm³/mol. The quantitative estimate of drug-likeness (QED) is 0.532. The van der Waals surface area contributed by atoms with E-state index in [1.807, 2.05) is 6.92 Å². The van der Waals surface area contributed by atoms with Gasteiger partial charge in [0.05, 0.1) is 11.9 Å². The second kappa shape index (κ2) is 3.50. The fraction of sp³-hybridized carbons (Fsp3) is 0.667. The van der Waals surface area contributed by atoms with Gasteiger partial charge in [0.2, 0.25) is 0 Å². The van der Waals surface area contributed by atoms with Crippen molar-refractivity contribution >= 4 is 0 Å². The van der Waals surface area contributed by atoms with Crippen molar-refractivity contribution in [2.45, 2.75) is 26.4 Å². The summed E-state index contributed by atoms with van der Waals surface area (Å²) in [5.41, 5.74) is 0. The number of hydrogen-bond donors (Lipinski definition) is 2. The third-order valence-electron chi connectivity index (χ3n) is 0.852. The topological polar surface area (TPSA) is 40.5 Å². The number of hydrogen-bond acceptors (Lipinski definition) is 2. The molecule has 1 unspecified atom stereocenters. The van der Waals surface area contributed by atoms with Crippen LogP contribution in [0.4, 0.5) is 0 Å². The van der Waals surface area contributed by atoms with Gasteiger partial charge in [0, 0.05) is 0 Å². The molecule has 2 N–H and O–H groups in total. The molecule has 0 aliphatic rings. The molecule has 0 aromatic heterocycles. The third-order valence-corrected chi connectivity index (χ3v) is 0.852. The zero-order chi connectivity index (χ0) is 6.57. The minimum absolute atomic E-state index is 0.180. The van der Waals surface area contributed by atoms with E-state index in [0.29, 0.717) is 6.42 Å². The number of aliphatic hydroxyl groups excluding tert-OH is 2. The van der Waals surface area contributed by atoms with Gasteiger partial charge in [-0.1, -0.05) is 6.92 Å². The average molecular weight is 116 g/mol. The first-order valence-corrected chi connectivity index (χ1v) is 2.72. The maximum absolute atomic E-state index is 8.79. The van der Waals surface area contributed by atoms with Crippen molar-refractivity contribution in [3.05, 3.63) is 11.8 Å². The lowest BCUT2D eigenvalue weighted by Crippen LogP contribution is -1.99. The molecule has 48 valence electrons. The first kappa shape index (κ1) is 7.50. The SMILES string of the molecule is CCC(O)C=C(C)O. The Hall–Kier alpha value is -0.500. The predicted octanol–water partition coefficient (Wildman–Crippen LogP) is 1.22. The summed E-state index contributed by atoms with van der Waals surface area (Å²) in [5, 5.41) is 17.3. The Bertz CT molecular complexity index is 82.5. The van der Waals surface area contributed by atoms with Gasteiger partial charge >= 0.3 is 0 Å². The maximum atomic E-state index is 8.79. The fourth-order valence-electron chi connectivity index (χ4n) is 0.396. The molecule has 0 radical (unpaired) electrons. The summed E-state index contributed by atoms with van der Waals surface area (Å²) in [4.78, 5) is 0. The van der Waals surface area contributed by atoms with Crippen LogP contribution in [-0.2, 0) is 0 Å². The van der Waals surface area contributed by atoms with Crippen LogP contribution in [0.25, 0.3) is 0 Å². The van der Waals surface area contributed by atoms with E-state index in [9.17, 15) is 0 Å². The zero-order valence-corrected chi connectivity index (χ0v) is 5.26. The van der Waals surface area contributed by atoms with E-state index in [0.717, 1.165) is 0 Å². The van der Waals surface area contributed by atoms with Crippen molar-refractivity contribution in [1.29, 1.82) is 0 Å². The Morgan fingerprint density at radius 1 is 1.75 bits per heavy atom. The van der Waals surface area contributed by atoms with Crippen LogP contribution in [0.15, 0.2) is 11.8 Å². The summed E-state index contributed by atoms with van der Waals surface area (Å²) >= 11 is 0. The molecule has 0 saturated heterocycles. The largest absolute Gasteiger partial charge is 0.513 e. The monoisotopic (exact) mass is 116 g/mol. The van der Waals surface area contributed by atoms with E-state index < -0.39 is 6.10 Å². The summed E-state index contributed by atoms with van der Waals surface area (Å²) in [6.07, 6.45) is 1.58. The van der Waals surface area contributed by atoms with Gasteiger partial charge in [-0.2, -0.15) is 0 Å². The van der Waals surface area contributed by atoms with Crippen LogP contribution >= 0.6 is 0 Å². The molecule has 1 atom stereocenters. The van der Waals surface area contributed by atoms with Crippen molar-refractivity contribution in [3.8, 4) is 0 Å². The lowest BCUT2D eigenvalue weighted by Gasteiger charge is -1.98. The molecule has 0 aromatic rings. The first-order valence-electron chi connectivity index (χ1n) is 2.72. The van der Waals surface area contributed by atoms with Crippen LogP contribution in [-0.4, -0.2) is 16.3 Å². The van der Waals surface area contributed by atoms with Crippen molar-refractivity contribution in [3.63, 3.8) is 0 Å². The van der Waals surface area contributed by atoms with Gasteiger partial charge in [-0.3, -0.25) is 0 Å². The summed E-state index contributed by atoms with van der Waals surface area (Å²) < 4.78 is 0. The van der Waals surface area contributed by atoms with Gasteiger partial charge in [-0.25, -0.2) is 0 Å². The molecule has 0 saturated carbocycles. The van der Waals surface area contributed by atoms with Crippen molar-refractivity contribution in [2.24, 2.45) is 0 Å². The standard InChI is InChI=1S/C6H12O2/c1-3-6(8)4-5(2)7/h4,6-8H,3H2,1-2H3. The summed E-state index contributed by atoms with van der Waals surface area (Å²) in [6, 6.07) is 0. The lowest BCUT2D eigenvalue weighted by molar-refractivity contribution is 0.213. The van der Waals surface area contributed by atoms with E-state index in [1.54, 1.807) is 6.92 Å². The van der Waals surface area contributed by atoms with Gasteiger partial charge in [-0.05, 0) is 19.4 Å². The molecule has 0 aliphatic heterocycles. The summed E-state index contributed by atoms with van der Waals surface area (Å²) in [6.45, 7) is 3.39. The van der Waals surface area contributed by atoms with Gasteiger partial charge in [0.25, 0.3) is 0 Å². The molecule has 0 aliphatic carbocycles. The highest BCUT2D eigenvalue weighted by atomic mass is 16.3. The van der Waals surface area contributed by atoms with E-state index in [-0.39, 0.29) is 5.76 Å². The van der Waals surface area contributed by atoms with Crippen LogP contribution in [0.5, 0.6) is 0 Å². The molecular formula is C6H12O2. The number of allylic oxidation sites excluding steroid dienone is 1. The van der Waals surface area contributed by atoms with E-state index >= 15 is 0 Å². The Balaban J connectivity index is 3.51. The Kier molecular flexibility index (Phi) is 3.28. The second-order valence-corrected chi connectivity index (χ2v) is 1.78. The normalized spacial score (nSPS) is 16.1. The summed E-state index contributed by atoms with van der Waals surface area (Å²) in [7, 11) is 0. The molecule has 2 nitrogen and oxygen atoms in total. The highest BCUT2D eigenvalue weighted by Crippen LogP contribution is 1.94. The van der Waals surface area contributed by atoms with Crippen LogP contribution in [0.1, 0.15) is 20.3 Å².